The number of amides is 2. The van der Waals surface area contributed by atoms with Crippen molar-refractivity contribution in [3.8, 4) is 0 Å². The molecule has 0 saturated heterocycles. The first-order chi connectivity index (χ1) is 20.2. The lowest BCUT2D eigenvalue weighted by atomic mass is 10.0. The zero-order valence-electron chi connectivity index (χ0n) is 22.6. The summed E-state index contributed by atoms with van der Waals surface area (Å²) in [7, 11) is 3.23. The van der Waals surface area contributed by atoms with Crippen molar-refractivity contribution in [2.75, 3.05) is 23.9 Å². The van der Waals surface area contributed by atoms with Gasteiger partial charge in [-0.3, -0.25) is 9.59 Å². The number of nitrogens with zero attached hydrogens (tertiary/aromatic N) is 4. The van der Waals surface area contributed by atoms with Crippen LogP contribution in [0.3, 0.4) is 0 Å². The van der Waals surface area contributed by atoms with Crippen molar-refractivity contribution in [3.05, 3.63) is 129 Å². The smallest absolute Gasteiger partial charge is 0.278 e. The molecule has 8 nitrogen and oxygen atoms in total. The van der Waals surface area contributed by atoms with E-state index < -0.39 is 24.3 Å². The Bertz CT molecular complexity index is 1580. The van der Waals surface area contributed by atoms with E-state index in [1.165, 1.54) is 9.80 Å². The van der Waals surface area contributed by atoms with Gasteiger partial charge < -0.3 is 20.0 Å². The summed E-state index contributed by atoms with van der Waals surface area (Å²) in [6, 6.07) is 29.3. The van der Waals surface area contributed by atoms with Crippen LogP contribution in [0.4, 0.5) is 11.4 Å². The van der Waals surface area contributed by atoms with Crippen LogP contribution in [-0.4, -0.2) is 60.0 Å². The average molecular weight is 601 g/mol. The minimum absolute atomic E-state index is 0.468. The molecule has 0 spiro atoms. The van der Waals surface area contributed by atoms with Gasteiger partial charge in [-0.2, -0.15) is 0 Å². The first-order valence-corrected chi connectivity index (χ1v) is 13.7. The van der Waals surface area contributed by atoms with Gasteiger partial charge in [-0.15, -0.1) is 0 Å². The molecular formula is C32H26Cl2N4O4. The molecule has 0 saturated carbocycles. The van der Waals surface area contributed by atoms with Gasteiger partial charge in [-0.1, -0.05) is 83.9 Å². The first kappa shape index (κ1) is 29.2. The molecule has 2 aliphatic rings. The fourth-order valence-electron chi connectivity index (χ4n) is 4.71. The fourth-order valence-corrected chi connectivity index (χ4v) is 5.06. The molecule has 2 unspecified atom stereocenters. The van der Waals surface area contributed by atoms with Gasteiger partial charge in [0.1, 0.15) is 0 Å². The lowest BCUT2D eigenvalue weighted by Crippen LogP contribution is -2.34. The van der Waals surface area contributed by atoms with E-state index in [9.17, 15) is 19.8 Å². The van der Waals surface area contributed by atoms with Crippen LogP contribution in [0.25, 0.3) is 0 Å². The van der Waals surface area contributed by atoms with E-state index in [2.05, 4.69) is 9.98 Å². The Morgan fingerprint density at radius 3 is 1.31 bits per heavy atom. The second kappa shape index (κ2) is 12.3. The van der Waals surface area contributed by atoms with Crippen molar-refractivity contribution in [1.82, 2.24) is 0 Å². The Kier molecular flexibility index (Phi) is 8.51. The number of benzene rings is 4. The summed E-state index contributed by atoms with van der Waals surface area (Å²) in [5.74, 6) is -0.936. The Balaban J connectivity index is 0.000000168. The summed E-state index contributed by atoms with van der Waals surface area (Å²) in [6.07, 6.45) is -2.84. The van der Waals surface area contributed by atoms with Gasteiger partial charge in [0.2, 0.25) is 12.5 Å². The van der Waals surface area contributed by atoms with Crippen LogP contribution in [0, 0.1) is 0 Å². The Labute approximate surface area is 252 Å². The molecule has 0 bridgehead atoms. The van der Waals surface area contributed by atoms with Crippen LogP contribution in [0.15, 0.2) is 107 Å². The third-order valence-corrected chi connectivity index (χ3v) is 7.32. The van der Waals surface area contributed by atoms with Crippen molar-refractivity contribution in [2.24, 2.45) is 9.98 Å². The monoisotopic (exact) mass is 600 g/mol. The molecule has 0 radical (unpaired) electrons. The van der Waals surface area contributed by atoms with Crippen LogP contribution in [0.1, 0.15) is 22.3 Å². The van der Waals surface area contributed by atoms with E-state index in [1.54, 1.807) is 50.5 Å². The van der Waals surface area contributed by atoms with Gasteiger partial charge in [0.15, 0.2) is 0 Å². The molecule has 2 amide bonds. The van der Waals surface area contributed by atoms with Gasteiger partial charge in [-0.05, 0) is 36.4 Å². The van der Waals surface area contributed by atoms with Crippen molar-refractivity contribution >= 4 is 57.8 Å². The minimum atomic E-state index is -1.42. The standard InChI is InChI=1S/2C16H13ClN2O2/c2*1-19-13-8-7-11(17)9-12(13)14(18-15(20)16(19)21)10-5-3-2-4-6-10/h2*2-9,15,20H,1H3. The largest absolute Gasteiger partial charge is 0.364 e. The number of aliphatic hydroxyl groups excluding tert-OH is 2. The lowest BCUT2D eigenvalue weighted by Gasteiger charge is -2.18. The number of carbonyl (C=O) groups is 2. The molecule has 6 rings (SSSR count). The lowest BCUT2D eigenvalue weighted by molar-refractivity contribution is -0.126. The zero-order valence-corrected chi connectivity index (χ0v) is 24.2. The topological polar surface area (TPSA) is 106 Å². The van der Waals surface area contributed by atoms with E-state index >= 15 is 0 Å². The fraction of sp³-hybridized carbons (Fsp3) is 0.125. The quantitative estimate of drug-likeness (QED) is 0.340. The molecular weight excluding hydrogens is 575 g/mol. The number of likely N-dealkylation sites (N-methyl/N-ethyl adjacent to an activating group) is 2. The molecule has 2 N–H and O–H groups in total. The zero-order chi connectivity index (χ0) is 30.0. The number of hydrogen-bond donors (Lipinski definition) is 2. The summed E-state index contributed by atoms with van der Waals surface area (Å²) in [6.45, 7) is 0. The molecule has 4 aromatic rings. The summed E-state index contributed by atoms with van der Waals surface area (Å²) < 4.78 is 0. The van der Waals surface area contributed by atoms with Crippen molar-refractivity contribution in [2.45, 2.75) is 12.5 Å². The number of aliphatic hydroxyl groups is 2. The molecule has 2 atom stereocenters. The van der Waals surface area contributed by atoms with E-state index in [0.717, 1.165) is 22.3 Å². The second-order valence-corrected chi connectivity index (χ2v) is 10.4. The van der Waals surface area contributed by atoms with Gasteiger partial charge in [0.25, 0.3) is 11.8 Å². The molecule has 0 fully saturated rings. The van der Waals surface area contributed by atoms with E-state index in [-0.39, 0.29) is 0 Å². The molecule has 2 aliphatic heterocycles. The molecule has 4 aromatic carbocycles. The Morgan fingerprint density at radius 2 is 0.952 bits per heavy atom. The summed E-state index contributed by atoms with van der Waals surface area (Å²) in [5, 5.41) is 21.1. The van der Waals surface area contributed by atoms with Crippen LogP contribution >= 0.6 is 23.2 Å². The molecule has 42 heavy (non-hydrogen) atoms. The highest BCUT2D eigenvalue weighted by Gasteiger charge is 2.29. The van der Waals surface area contributed by atoms with E-state index in [4.69, 9.17) is 23.2 Å². The third-order valence-electron chi connectivity index (χ3n) is 6.85. The summed E-state index contributed by atoms with van der Waals surface area (Å²) >= 11 is 12.2. The van der Waals surface area contributed by atoms with E-state index in [1.807, 2.05) is 60.7 Å². The predicted octanol–water partition coefficient (Wildman–Crippen LogP) is 4.94. The molecule has 0 aliphatic carbocycles. The van der Waals surface area contributed by atoms with Gasteiger partial charge in [0, 0.05) is 46.4 Å². The second-order valence-electron chi connectivity index (χ2n) is 9.55. The predicted molar refractivity (Wildman–Crippen MR) is 166 cm³/mol. The Morgan fingerprint density at radius 1 is 0.595 bits per heavy atom. The van der Waals surface area contributed by atoms with Crippen LogP contribution in [-0.2, 0) is 9.59 Å². The highest BCUT2D eigenvalue weighted by molar-refractivity contribution is 6.32. The van der Waals surface area contributed by atoms with Crippen molar-refractivity contribution < 1.29 is 19.8 Å². The maximum Gasteiger partial charge on any atom is 0.278 e. The van der Waals surface area contributed by atoms with Crippen LogP contribution in [0.2, 0.25) is 10.0 Å². The number of benzodiazepines with no additional fused rings is 2. The average Bonchev–Trinajstić information content (AvgIpc) is 3.16. The van der Waals surface area contributed by atoms with Gasteiger partial charge in [-0.25, -0.2) is 9.98 Å². The minimum Gasteiger partial charge on any atom is -0.364 e. The SMILES string of the molecule is CN1C(=O)C(O)N=C(c2ccccc2)c2cc(Cl)ccc21.CN1C(=O)C(O)N=C(c2ccccc2)c2cc(Cl)ccc21. The number of hydrogen-bond acceptors (Lipinski definition) is 6. The number of halogens is 2. The number of aliphatic imine (C=N–C) groups is 2. The number of anilines is 2. The van der Waals surface area contributed by atoms with Crippen molar-refractivity contribution in [1.29, 1.82) is 0 Å². The highest BCUT2D eigenvalue weighted by atomic mass is 35.5. The molecule has 0 aromatic heterocycles. The molecule has 10 heteroatoms. The maximum atomic E-state index is 12.1. The normalized spacial score (nSPS) is 18.0. The summed E-state index contributed by atoms with van der Waals surface area (Å²) in [4.78, 5) is 35.4. The van der Waals surface area contributed by atoms with Gasteiger partial charge >= 0.3 is 0 Å². The van der Waals surface area contributed by atoms with Crippen molar-refractivity contribution in [3.63, 3.8) is 0 Å². The highest BCUT2D eigenvalue weighted by Crippen LogP contribution is 2.31. The molecule has 2 heterocycles. The molecule has 212 valence electrons. The van der Waals surface area contributed by atoms with E-state index in [0.29, 0.717) is 32.8 Å². The first-order valence-electron chi connectivity index (χ1n) is 12.9. The third kappa shape index (κ3) is 5.84. The number of fused-ring (bicyclic) bond motifs is 2. The van der Waals surface area contributed by atoms with Crippen LogP contribution in [0.5, 0.6) is 0 Å². The Hall–Kier alpha value is -4.34. The summed E-state index contributed by atoms with van der Waals surface area (Å²) in [5.41, 5.74) is 5.54. The number of rotatable bonds is 2. The number of carbonyl (C=O) groups excluding carboxylic acids is 2. The maximum absolute atomic E-state index is 12.1. The van der Waals surface area contributed by atoms with Gasteiger partial charge in [0.05, 0.1) is 22.8 Å². The van der Waals surface area contributed by atoms with Crippen LogP contribution < -0.4 is 9.80 Å².